The number of aliphatic hydroxyl groups excluding tert-OH is 1. The van der Waals surface area contributed by atoms with Crippen LogP contribution in [0.15, 0.2) is 18.2 Å². The van der Waals surface area contributed by atoms with Gasteiger partial charge in [-0.3, -0.25) is 0 Å². The van der Waals surface area contributed by atoms with Gasteiger partial charge in [0.05, 0.1) is 25.5 Å². The second-order valence-corrected chi connectivity index (χ2v) is 3.70. The first-order valence-corrected chi connectivity index (χ1v) is 5.34. The number of anilines is 1. The van der Waals surface area contributed by atoms with Crippen LogP contribution in [0.2, 0.25) is 0 Å². The fraction of sp³-hybridized carbons (Fsp3) is 0.417. The number of nitrogens with two attached hydrogens (primary N) is 1. The molecule has 0 spiro atoms. The zero-order valence-electron chi connectivity index (χ0n) is 9.97. The summed E-state index contributed by atoms with van der Waals surface area (Å²) in [6.07, 6.45) is -0.0957. The van der Waals surface area contributed by atoms with Crippen LogP contribution in [0.3, 0.4) is 0 Å². The van der Waals surface area contributed by atoms with Crippen molar-refractivity contribution in [3.05, 3.63) is 23.8 Å². The number of methoxy groups -OCH3 is 1. The highest BCUT2D eigenvalue weighted by atomic mass is 16.5. The Balaban J connectivity index is 2.72. The second kappa shape index (κ2) is 6.10. The van der Waals surface area contributed by atoms with Crippen molar-refractivity contribution in [1.82, 2.24) is 0 Å². The zero-order chi connectivity index (χ0) is 12.8. The molecule has 17 heavy (non-hydrogen) atoms. The maximum atomic E-state index is 11.7. The summed E-state index contributed by atoms with van der Waals surface area (Å²) in [6.45, 7) is 1.80. The Bertz CT molecular complexity index is 390. The number of nitrogen functional groups attached to an aromatic ring is 1. The quantitative estimate of drug-likeness (QED) is 0.596. The number of para-hydroxylation sites is 1. The van der Waals surface area contributed by atoms with E-state index >= 15 is 0 Å². The van der Waals surface area contributed by atoms with Gasteiger partial charge < -0.3 is 20.3 Å². The minimum atomic E-state index is -0.505. The highest BCUT2D eigenvalue weighted by Crippen LogP contribution is 2.26. The molecule has 1 rings (SSSR count). The Hall–Kier alpha value is -1.75. The molecule has 0 amide bonds. The van der Waals surface area contributed by atoms with Gasteiger partial charge in [0.15, 0.2) is 5.75 Å². The number of hydrogen-bond acceptors (Lipinski definition) is 5. The number of aliphatic hydroxyl groups is 1. The molecule has 1 aromatic rings. The van der Waals surface area contributed by atoms with E-state index < -0.39 is 12.1 Å². The number of carbonyl (C=O) groups excluding carboxylic acids is 1. The van der Waals surface area contributed by atoms with E-state index in [1.807, 2.05) is 0 Å². The van der Waals surface area contributed by atoms with E-state index in [4.69, 9.17) is 20.3 Å². The van der Waals surface area contributed by atoms with Crippen molar-refractivity contribution in [2.24, 2.45) is 0 Å². The lowest BCUT2D eigenvalue weighted by molar-refractivity contribution is 0.0441. The molecule has 0 aromatic heterocycles. The second-order valence-electron chi connectivity index (χ2n) is 3.70. The van der Waals surface area contributed by atoms with E-state index in [0.29, 0.717) is 17.9 Å². The maximum Gasteiger partial charge on any atom is 0.342 e. The molecule has 0 saturated heterocycles. The van der Waals surface area contributed by atoms with Crippen LogP contribution in [0.25, 0.3) is 0 Å². The summed E-state index contributed by atoms with van der Waals surface area (Å²) in [6, 6.07) is 4.88. The molecule has 94 valence electrons. The molecule has 0 radical (unpaired) electrons. The van der Waals surface area contributed by atoms with E-state index in [2.05, 4.69) is 0 Å². The van der Waals surface area contributed by atoms with Crippen LogP contribution in [-0.4, -0.2) is 30.9 Å². The Labute approximate surface area is 100 Å². The average molecular weight is 239 g/mol. The van der Waals surface area contributed by atoms with E-state index in [-0.39, 0.29) is 12.2 Å². The molecular formula is C12H17NO4. The van der Waals surface area contributed by atoms with E-state index in [0.717, 1.165) is 0 Å². The number of ether oxygens (including phenoxy) is 2. The zero-order valence-corrected chi connectivity index (χ0v) is 9.97. The first-order valence-electron chi connectivity index (χ1n) is 5.34. The van der Waals surface area contributed by atoms with Gasteiger partial charge in [0.1, 0.15) is 5.56 Å². The number of esters is 1. The number of rotatable bonds is 5. The van der Waals surface area contributed by atoms with Gasteiger partial charge in [-0.1, -0.05) is 6.07 Å². The molecule has 1 unspecified atom stereocenters. The van der Waals surface area contributed by atoms with Crippen LogP contribution < -0.4 is 10.5 Å². The molecule has 0 heterocycles. The van der Waals surface area contributed by atoms with E-state index in [9.17, 15) is 4.79 Å². The van der Waals surface area contributed by atoms with Crippen LogP contribution in [0.1, 0.15) is 23.7 Å². The molecule has 0 aliphatic carbocycles. The Morgan fingerprint density at radius 1 is 1.53 bits per heavy atom. The Kier molecular flexibility index (Phi) is 4.78. The summed E-state index contributed by atoms with van der Waals surface area (Å²) in [5.74, 6) is -0.190. The maximum absolute atomic E-state index is 11.7. The molecule has 0 fully saturated rings. The lowest BCUT2D eigenvalue weighted by Crippen LogP contribution is -2.12. The Morgan fingerprint density at radius 2 is 2.24 bits per heavy atom. The fourth-order valence-corrected chi connectivity index (χ4v) is 1.34. The minimum absolute atomic E-state index is 0.161. The minimum Gasteiger partial charge on any atom is -0.494 e. The third-order valence-electron chi connectivity index (χ3n) is 2.24. The first kappa shape index (κ1) is 13.3. The third kappa shape index (κ3) is 3.64. The van der Waals surface area contributed by atoms with Gasteiger partial charge in [-0.15, -0.1) is 0 Å². The van der Waals surface area contributed by atoms with Crippen molar-refractivity contribution in [2.75, 3.05) is 19.5 Å². The highest BCUT2D eigenvalue weighted by Gasteiger charge is 2.15. The number of carbonyl (C=O) groups is 1. The third-order valence-corrected chi connectivity index (χ3v) is 2.24. The van der Waals surface area contributed by atoms with Gasteiger partial charge in [-0.2, -0.15) is 0 Å². The molecule has 0 aliphatic rings. The Morgan fingerprint density at radius 3 is 2.82 bits per heavy atom. The van der Waals surface area contributed by atoms with Gasteiger partial charge in [-0.05, 0) is 19.1 Å². The van der Waals surface area contributed by atoms with Crippen LogP contribution >= 0.6 is 0 Å². The largest absolute Gasteiger partial charge is 0.494 e. The van der Waals surface area contributed by atoms with Crippen molar-refractivity contribution in [1.29, 1.82) is 0 Å². The van der Waals surface area contributed by atoms with Gasteiger partial charge in [0, 0.05) is 6.42 Å². The normalized spacial score (nSPS) is 11.9. The fourth-order valence-electron chi connectivity index (χ4n) is 1.34. The van der Waals surface area contributed by atoms with Crippen LogP contribution in [0.5, 0.6) is 5.75 Å². The molecule has 1 aromatic carbocycles. The van der Waals surface area contributed by atoms with Gasteiger partial charge in [0.2, 0.25) is 0 Å². The highest BCUT2D eigenvalue weighted by molar-refractivity contribution is 5.94. The van der Waals surface area contributed by atoms with Crippen LogP contribution in [0, 0.1) is 0 Å². The van der Waals surface area contributed by atoms with Crippen molar-refractivity contribution < 1.29 is 19.4 Å². The molecule has 1 atom stereocenters. The summed E-state index contributed by atoms with van der Waals surface area (Å²) in [4.78, 5) is 11.7. The summed E-state index contributed by atoms with van der Waals surface area (Å²) < 4.78 is 10.1. The smallest absolute Gasteiger partial charge is 0.342 e. The van der Waals surface area contributed by atoms with Crippen molar-refractivity contribution in [3.8, 4) is 5.75 Å². The predicted molar refractivity (Wildman–Crippen MR) is 64.0 cm³/mol. The van der Waals surface area contributed by atoms with Crippen molar-refractivity contribution >= 4 is 11.7 Å². The van der Waals surface area contributed by atoms with Gasteiger partial charge in [-0.25, -0.2) is 4.79 Å². The topological polar surface area (TPSA) is 81.8 Å². The van der Waals surface area contributed by atoms with Crippen molar-refractivity contribution in [3.63, 3.8) is 0 Å². The lowest BCUT2D eigenvalue weighted by Gasteiger charge is -2.11. The lowest BCUT2D eigenvalue weighted by atomic mass is 10.2. The van der Waals surface area contributed by atoms with E-state index in [1.54, 1.807) is 25.1 Å². The standard InChI is InChI=1S/C12H17NO4/c1-8(14)6-7-17-12(15)9-4-3-5-10(13)11(9)16-2/h3-5,8,14H,6-7,13H2,1-2H3. The predicted octanol–water partition coefficient (Wildman–Crippen LogP) is 1.21. The summed E-state index contributed by atoms with van der Waals surface area (Å²) in [7, 11) is 1.44. The number of hydrogen-bond donors (Lipinski definition) is 2. The van der Waals surface area contributed by atoms with Crippen LogP contribution in [0.4, 0.5) is 5.69 Å². The summed E-state index contributed by atoms with van der Waals surface area (Å²) >= 11 is 0. The monoisotopic (exact) mass is 239 g/mol. The first-order chi connectivity index (χ1) is 8.06. The molecular weight excluding hydrogens is 222 g/mol. The molecule has 5 nitrogen and oxygen atoms in total. The molecule has 3 N–H and O–H groups in total. The molecule has 5 heteroatoms. The molecule has 0 bridgehead atoms. The number of benzene rings is 1. The SMILES string of the molecule is COc1c(N)cccc1C(=O)OCCC(C)O. The van der Waals surface area contributed by atoms with Gasteiger partial charge >= 0.3 is 5.97 Å². The van der Waals surface area contributed by atoms with Crippen LogP contribution in [-0.2, 0) is 4.74 Å². The van der Waals surface area contributed by atoms with Gasteiger partial charge in [0.25, 0.3) is 0 Å². The average Bonchev–Trinajstić information content (AvgIpc) is 2.28. The van der Waals surface area contributed by atoms with E-state index in [1.165, 1.54) is 7.11 Å². The molecule has 0 saturated carbocycles. The summed E-state index contributed by atoms with van der Waals surface area (Å²) in [5, 5.41) is 9.04. The molecule has 0 aliphatic heterocycles. The summed E-state index contributed by atoms with van der Waals surface area (Å²) in [5.41, 5.74) is 6.35. The van der Waals surface area contributed by atoms with Crippen molar-refractivity contribution in [2.45, 2.75) is 19.4 Å².